The molecule has 10 nitrogen and oxygen atoms in total. The van der Waals surface area contributed by atoms with Crippen LogP contribution in [0.3, 0.4) is 0 Å². The molecule has 2 amide bonds. The zero-order valence-electron chi connectivity index (χ0n) is 22.4. The minimum atomic E-state index is -4.27. The first-order chi connectivity index (χ1) is 18.9. The van der Waals surface area contributed by atoms with Gasteiger partial charge in [-0.3, -0.25) is 19.0 Å². The molecule has 0 saturated carbocycles. The Morgan fingerprint density at radius 1 is 1.10 bits per heavy atom. The van der Waals surface area contributed by atoms with E-state index in [1.807, 2.05) is 30.3 Å². The second kappa shape index (κ2) is 10.1. The number of nitrogens with two attached hydrogens (primary N) is 1. The molecule has 2 aliphatic rings. The Kier molecular flexibility index (Phi) is 6.89. The van der Waals surface area contributed by atoms with Crippen LogP contribution in [-0.4, -0.2) is 56.3 Å². The lowest BCUT2D eigenvalue weighted by Crippen LogP contribution is -2.41. The SMILES string of the molecule is COc1cc(CS(=O)(=O)O)cc(-c2cccc(C3(c4ccc5c(c4)CCCN5C(C)=O)N=C(N)N(C)C3=O)c2)c1. The monoisotopic (exact) mass is 562 g/mol. The molecular formula is C29H30N4O6S. The van der Waals surface area contributed by atoms with Crippen LogP contribution in [0.2, 0.25) is 0 Å². The molecule has 2 heterocycles. The summed E-state index contributed by atoms with van der Waals surface area (Å²) in [5.74, 6) is -0.437. The molecule has 5 rings (SSSR count). The molecule has 1 atom stereocenters. The summed E-state index contributed by atoms with van der Waals surface area (Å²) >= 11 is 0. The number of nitrogens with zero attached hydrogens (tertiary/aromatic N) is 3. The average molecular weight is 563 g/mol. The van der Waals surface area contributed by atoms with E-state index in [1.165, 1.54) is 18.9 Å². The van der Waals surface area contributed by atoms with Gasteiger partial charge < -0.3 is 15.4 Å². The Hall–Kier alpha value is -4.22. The molecule has 0 aromatic heterocycles. The standard InChI is InChI=1S/C29H30N4O6S/c1-18(34)33-11-5-7-21-15-24(9-10-26(21)33)29(27(35)32(2)28(30)31-29)23-8-4-6-20(14-23)22-12-19(17-40(36,37)38)13-25(16-22)39-3/h4,6,8-10,12-16H,5,7,11,17H2,1-3H3,(H2,30,31)(H,36,37,38). The van der Waals surface area contributed by atoms with Gasteiger partial charge in [-0.05, 0) is 76.6 Å². The maximum Gasteiger partial charge on any atom is 0.269 e. The van der Waals surface area contributed by atoms with Gasteiger partial charge in [-0.25, -0.2) is 4.99 Å². The van der Waals surface area contributed by atoms with Gasteiger partial charge in [-0.2, -0.15) is 8.42 Å². The van der Waals surface area contributed by atoms with E-state index in [0.717, 1.165) is 24.1 Å². The van der Waals surface area contributed by atoms with Crippen LogP contribution in [0.1, 0.15) is 35.6 Å². The van der Waals surface area contributed by atoms with E-state index in [-0.39, 0.29) is 17.8 Å². The third-order valence-electron chi connectivity index (χ3n) is 7.40. The molecule has 3 aromatic carbocycles. The zero-order valence-corrected chi connectivity index (χ0v) is 23.2. The van der Waals surface area contributed by atoms with Crippen LogP contribution in [0, 0.1) is 0 Å². The molecule has 0 spiro atoms. The van der Waals surface area contributed by atoms with Crippen molar-refractivity contribution >= 4 is 33.6 Å². The molecule has 0 radical (unpaired) electrons. The molecule has 40 heavy (non-hydrogen) atoms. The fraction of sp³-hybridized carbons (Fsp3) is 0.276. The van der Waals surface area contributed by atoms with Gasteiger partial charge in [0.2, 0.25) is 5.91 Å². The minimum Gasteiger partial charge on any atom is -0.497 e. The maximum absolute atomic E-state index is 13.9. The number of aryl methyl sites for hydroxylation is 1. The number of anilines is 1. The van der Waals surface area contributed by atoms with Crippen molar-refractivity contribution in [3.8, 4) is 16.9 Å². The van der Waals surface area contributed by atoms with Crippen LogP contribution in [0.25, 0.3) is 11.1 Å². The number of hydrogen-bond acceptors (Lipinski definition) is 7. The predicted octanol–water partition coefficient (Wildman–Crippen LogP) is 3.08. The van der Waals surface area contributed by atoms with Gasteiger partial charge in [0.1, 0.15) is 11.5 Å². The van der Waals surface area contributed by atoms with Gasteiger partial charge in [0.25, 0.3) is 16.0 Å². The summed E-state index contributed by atoms with van der Waals surface area (Å²) in [6, 6.07) is 17.8. The molecule has 1 unspecified atom stereocenters. The number of guanidine groups is 1. The Morgan fingerprint density at radius 2 is 1.85 bits per heavy atom. The second-order valence-electron chi connectivity index (χ2n) is 10.0. The molecule has 0 fully saturated rings. The van der Waals surface area contributed by atoms with Crippen molar-refractivity contribution in [2.45, 2.75) is 31.1 Å². The number of carbonyl (C=O) groups excluding carboxylic acids is 2. The highest BCUT2D eigenvalue weighted by molar-refractivity contribution is 7.85. The van der Waals surface area contributed by atoms with E-state index in [2.05, 4.69) is 0 Å². The van der Waals surface area contributed by atoms with E-state index >= 15 is 0 Å². The highest BCUT2D eigenvalue weighted by Gasteiger charge is 2.50. The Labute approximate surface area is 232 Å². The van der Waals surface area contributed by atoms with E-state index < -0.39 is 21.4 Å². The van der Waals surface area contributed by atoms with Crippen molar-refractivity contribution in [2.75, 3.05) is 25.6 Å². The summed E-state index contributed by atoms with van der Waals surface area (Å²) in [5.41, 5.74) is 9.37. The largest absolute Gasteiger partial charge is 0.497 e. The first-order valence-corrected chi connectivity index (χ1v) is 14.3. The summed E-state index contributed by atoms with van der Waals surface area (Å²) in [7, 11) is -1.22. The minimum absolute atomic E-state index is 0.0401. The van der Waals surface area contributed by atoms with Crippen LogP contribution in [-0.2, 0) is 37.4 Å². The maximum atomic E-state index is 13.9. The summed E-state index contributed by atoms with van der Waals surface area (Å²) in [6.07, 6.45) is 1.56. The molecule has 0 saturated heterocycles. The number of aliphatic imine (C=N–C) groups is 1. The van der Waals surface area contributed by atoms with E-state index in [1.54, 1.807) is 42.3 Å². The fourth-order valence-corrected chi connectivity index (χ4v) is 6.08. The molecule has 3 aromatic rings. The van der Waals surface area contributed by atoms with E-state index in [9.17, 15) is 22.6 Å². The number of likely N-dealkylation sites (N-methyl/N-ethyl adjacent to an activating group) is 1. The highest BCUT2D eigenvalue weighted by atomic mass is 32.2. The summed E-state index contributed by atoms with van der Waals surface area (Å²) < 4.78 is 37.9. The van der Waals surface area contributed by atoms with Crippen LogP contribution in [0.4, 0.5) is 5.69 Å². The van der Waals surface area contributed by atoms with Gasteiger partial charge in [0, 0.05) is 26.2 Å². The lowest BCUT2D eigenvalue weighted by molar-refractivity contribution is -0.129. The van der Waals surface area contributed by atoms with Crippen molar-refractivity contribution < 1.29 is 27.3 Å². The Morgan fingerprint density at radius 3 is 2.50 bits per heavy atom. The van der Waals surface area contributed by atoms with E-state index in [0.29, 0.717) is 40.1 Å². The molecule has 3 N–H and O–H groups in total. The van der Waals surface area contributed by atoms with Crippen LogP contribution >= 0.6 is 0 Å². The van der Waals surface area contributed by atoms with Gasteiger partial charge >= 0.3 is 0 Å². The van der Waals surface area contributed by atoms with Crippen LogP contribution in [0.5, 0.6) is 5.75 Å². The van der Waals surface area contributed by atoms with Gasteiger partial charge in [0.15, 0.2) is 11.5 Å². The molecule has 0 aliphatic carbocycles. The molecule has 11 heteroatoms. The van der Waals surface area contributed by atoms with Gasteiger partial charge in [0.05, 0.1) is 7.11 Å². The van der Waals surface area contributed by atoms with Crippen LogP contribution < -0.4 is 15.4 Å². The smallest absolute Gasteiger partial charge is 0.269 e. The van der Waals surface area contributed by atoms with Crippen molar-refractivity contribution in [3.63, 3.8) is 0 Å². The van der Waals surface area contributed by atoms with Crippen molar-refractivity contribution in [2.24, 2.45) is 10.7 Å². The predicted molar refractivity (Wildman–Crippen MR) is 152 cm³/mol. The molecule has 2 aliphatic heterocycles. The number of ether oxygens (including phenoxy) is 1. The first kappa shape index (κ1) is 27.4. The third-order valence-corrected chi connectivity index (χ3v) is 8.10. The fourth-order valence-electron chi connectivity index (χ4n) is 5.50. The molecular weight excluding hydrogens is 532 g/mol. The zero-order chi connectivity index (χ0) is 28.8. The average Bonchev–Trinajstić information content (AvgIpc) is 3.15. The number of benzene rings is 3. The number of rotatable bonds is 6. The normalized spacial score (nSPS) is 18.9. The summed E-state index contributed by atoms with van der Waals surface area (Å²) in [4.78, 5) is 33.9. The van der Waals surface area contributed by atoms with Crippen molar-refractivity contribution in [3.05, 3.63) is 82.9 Å². The molecule has 0 bridgehead atoms. The van der Waals surface area contributed by atoms with Crippen LogP contribution in [0.15, 0.2) is 65.7 Å². The van der Waals surface area contributed by atoms with E-state index in [4.69, 9.17) is 15.5 Å². The highest BCUT2D eigenvalue weighted by Crippen LogP contribution is 2.43. The van der Waals surface area contributed by atoms with Gasteiger partial charge in [-0.1, -0.05) is 30.3 Å². The van der Waals surface area contributed by atoms with Crippen molar-refractivity contribution in [1.82, 2.24) is 4.90 Å². The number of fused-ring (bicyclic) bond motifs is 1. The quantitative estimate of drug-likeness (QED) is 0.440. The third kappa shape index (κ3) is 4.82. The molecule has 208 valence electrons. The topological polar surface area (TPSA) is 143 Å². The van der Waals surface area contributed by atoms with Gasteiger partial charge in [-0.15, -0.1) is 0 Å². The number of carbonyl (C=O) groups is 2. The van der Waals surface area contributed by atoms with Crippen molar-refractivity contribution in [1.29, 1.82) is 0 Å². The second-order valence-corrected chi connectivity index (χ2v) is 11.5. The summed E-state index contributed by atoms with van der Waals surface area (Å²) in [6.45, 7) is 2.18. The lowest BCUT2D eigenvalue weighted by atomic mass is 9.80. The Bertz CT molecular complexity index is 1670. The first-order valence-electron chi connectivity index (χ1n) is 12.7. The number of amides is 2. The summed E-state index contributed by atoms with van der Waals surface area (Å²) in [5, 5.41) is 0. The number of methoxy groups -OCH3 is 1. The Balaban J connectivity index is 1.67. The number of hydrogen-bond donors (Lipinski definition) is 2. The lowest BCUT2D eigenvalue weighted by Gasteiger charge is -2.32.